The maximum atomic E-state index is 10.5. The molecule has 80 valence electrons. The Hall–Kier alpha value is -1.68. The fourth-order valence-electron chi connectivity index (χ4n) is 1.19. The third kappa shape index (κ3) is 3.91. The smallest absolute Gasteiger partial charge is 0.270 e. The molecule has 0 aromatic heterocycles. The van der Waals surface area contributed by atoms with Gasteiger partial charge in [-0.1, -0.05) is 24.3 Å². The molecule has 0 fully saturated rings. The molecule has 0 atom stereocenters. The molecule has 1 rings (SSSR count). The molecule has 0 radical (unpaired) electrons. The quantitative estimate of drug-likeness (QED) is 0.456. The Bertz CT molecular complexity index is 361. The molecule has 0 heterocycles. The first kappa shape index (κ1) is 11.4. The minimum Gasteiger partial charge on any atom is -0.319 e. The Morgan fingerprint density at radius 2 is 2.33 bits per heavy atom. The first-order valence-electron chi connectivity index (χ1n) is 4.79. The highest BCUT2D eigenvalue weighted by Crippen LogP contribution is 2.14. The van der Waals surface area contributed by atoms with Gasteiger partial charge in [0.15, 0.2) is 0 Å². The summed E-state index contributed by atoms with van der Waals surface area (Å²) in [5.74, 6) is 0. The van der Waals surface area contributed by atoms with Crippen molar-refractivity contribution in [1.29, 1.82) is 0 Å². The number of rotatable bonds is 5. The molecule has 0 aliphatic carbocycles. The summed E-state index contributed by atoms with van der Waals surface area (Å²) < 4.78 is 0. The Labute approximate surface area is 88.8 Å². The van der Waals surface area contributed by atoms with Crippen LogP contribution in [0.3, 0.4) is 0 Å². The highest BCUT2D eigenvalue weighted by molar-refractivity contribution is 5.53. The minimum absolute atomic E-state index is 0.130. The van der Waals surface area contributed by atoms with Gasteiger partial charge >= 0.3 is 0 Å². The fraction of sp³-hybridized carbons (Fsp3) is 0.273. The molecule has 4 nitrogen and oxygen atoms in total. The molecule has 15 heavy (non-hydrogen) atoms. The second-order valence-electron chi connectivity index (χ2n) is 3.15. The number of hydrogen-bond acceptors (Lipinski definition) is 3. The first-order valence-corrected chi connectivity index (χ1v) is 4.79. The lowest BCUT2D eigenvalue weighted by Crippen LogP contribution is -2.05. The van der Waals surface area contributed by atoms with Crippen LogP contribution in [0, 0.1) is 10.1 Å². The highest BCUT2D eigenvalue weighted by atomic mass is 16.6. The van der Waals surface area contributed by atoms with Crippen LogP contribution >= 0.6 is 0 Å². The van der Waals surface area contributed by atoms with Gasteiger partial charge < -0.3 is 5.32 Å². The molecule has 0 aliphatic rings. The molecule has 1 aromatic rings. The SMILES string of the molecule is CNCCC=Cc1cccc([N+](=O)[O-])c1. The summed E-state index contributed by atoms with van der Waals surface area (Å²) in [6, 6.07) is 6.60. The van der Waals surface area contributed by atoms with Crippen LogP contribution in [0.1, 0.15) is 12.0 Å². The van der Waals surface area contributed by atoms with E-state index in [9.17, 15) is 10.1 Å². The van der Waals surface area contributed by atoms with E-state index in [2.05, 4.69) is 5.32 Å². The number of benzene rings is 1. The van der Waals surface area contributed by atoms with Gasteiger partial charge in [0, 0.05) is 12.1 Å². The second-order valence-corrected chi connectivity index (χ2v) is 3.15. The van der Waals surface area contributed by atoms with Crippen LogP contribution in [-0.4, -0.2) is 18.5 Å². The van der Waals surface area contributed by atoms with Gasteiger partial charge in [-0.25, -0.2) is 0 Å². The molecule has 0 aliphatic heterocycles. The van der Waals surface area contributed by atoms with E-state index in [0.717, 1.165) is 18.5 Å². The third-order valence-electron chi connectivity index (χ3n) is 1.95. The first-order chi connectivity index (χ1) is 7.24. The zero-order valence-corrected chi connectivity index (χ0v) is 8.64. The van der Waals surface area contributed by atoms with Gasteiger partial charge in [0.25, 0.3) is 5.69 Å². The summed E-state index contributed by atoms with van der Waals surface area (Å²) in [6.07, 6.45) is 4.80. The van der Waals surface area contributed by atoms with Gasteiger partial charge in [-0.15, -0.1) is 0 Å². The van der Waals surface area contributed by atoms with Gasteiger partial charge in [0.2, 0.25) is 0 Å². The van der Waals surface area contributed by atoms with Crippen LogP contribution in [0.2, 0.25) is 0 Å². The van der Waals surface area contributed by atoms with Gasteiger partial charge in [0.1, 0.15) is 0 Å². The molecule has 1 N–H and O–H groups in total. The number of nitrogens with one attached hydrogen (secondary N) is 1. The standard InChI is InChI=1S/C11H14N2O2/c1-12-8-3-2-5-10-6-4-7-11(9-10)13(14)15/h2,4-7,9,12H,3,8H2,1H3. The van der Waals surface area contributed by atoms with Gasteiger partial charge in [-0.3, -0.25) is 10.1 Å². The zero-order chi connectivity index (χ0) is 11.1. The number of nitro groups is 1. The largest absolute Gasteiger partial charge is 0.319 e. The minimum atomic E-state index is -0.384. The van der Waals surface area contributed by atoms with Crippen LogP contribution in [0.5, 0.6) is 0 Å². The Balaban J connectivity index is 2.65. The molecule has 0 saturated heterocycles. The Morgan fingerprint density at radius 1 is 1.53 bits per heavy atom. The predicted octanol–water partition coefficient (Wildman–Crippen LogP) is 2.22. The van der Waals surface area contributed by atoms with Crippen molar-refractivity contribution in [2.45, 2.75) is 6.42 Å². The van der Waals surface area contributed by atoms with E-state index >= 15 is 0 Å². The van der Waals surface area contributed by atoms with E-state index in [0.29, 0.717) is 0 Å². The van der Waals surface area contributed by atoms with E-state index in [1.807, 2.05) is 25.3 Å². The molecule has 4 heteroatoms. The van der Waals surface area contributed by atoms with Crippen molar-refractivity contribution in [2.75, 3.05) is 13.6 Å². The van der Waals surface area contributed by atoms with Crippen LogP contribution in [0.15, 0.2) is 30.3 Å². The van der Waals surface area contributed by atoms with Crippen molar-refractivity contribution in [1.82, 2.24) is 5.32 Å². The molecular weight excluding hydrogens is 192 g/mol. The normalized spacial score (nSPS) is 10.7. The number of nitro benzene ring substituents is 1. The molecule has 1 aromatic carbocycles. The monoisotopic (exact) mass is 206 g/mol. The molecule has 0 unspecified atom stereocenters. The lowest BCUT2D eigenvalue weighted by atomic mass is 10.2. The number of hydrogen-bond donors (Lipinski definition) is 1. The summed E-state index contributed by atoms with van der Waals surface area (Å²) >= 11 is 0. The van der Waals surface area contributed by atoms with Crippen LogP contribution in [-0.2, 0) is 0 Å². The highest BCUT2D eigenvalue weighted by Gasteiger charge is 2.02. The summed E-state index contributed by atoms with van der Waals surface area (Å²) in [5.41, 5.74) is 0.992. The van der Waals surface area contributed by atoms with E-state index < -0.39 is 0 Å². The lowest BCUT2D eigenvalue weighted by Gasteiger charge is -1.94. The maximum absolute atomic E-state index is 10.5. The summed E-state index contributed by atoms with van der Waals surface area (Å²) in [6.45, 7) is 0.908. The van der Waals surface area contributed by atoms with E-state index in [4.69, 9.17) is 0 Å². The van der Waals surface area contributed by atoms with E-state index in [-0.39, 0.29) is 10.6 Å². The Kier molecular flexibility index (Phi) is 4.50. The Morgan fingerprint density at radius 3 is 3.00 bits per heavy atom. The van der Waals surface area contributed by atoms with Crippen molar-refractivity contribution in [3.8, 4) is 0 Å². The second kappa shape index (κ2) is 5.93. The van der Waals surface area contributed by atoms with Gasteiger partial charge in [0.05, 0.1) is 4.92 Å². The number of non-ortho nitro benzene ring substituents is 1. The predicted molar refractivity (Wildman–Crippen MR) is 60.7 cm³/mol. The third-order valence-corrected chi connectivity index (χ3v) is 1.95. The molecule has 0 bridgehead atoms. The van der Waals surface area contributed by atoms with Gasteiger partial charge in [-0.05, 0) is 25.6 Å². The maximum Gasteiger partial charge on any atom is 0.270 e. The summed E-state index contributed by atoms with van der Waals surface area (Å²) in [4.78, 5) is 10.1. The van der Waals surface area contributed by atoms with E-state index in [1.54, 1.807) is 12.1 Å². The lowest BCUT2D eigenvalue weighted by molar-refractivity contribution is -0.384. The van der Waals surface area contributed by atoms with Crippen molar-refractivity contribution in [3.63, 3.8) is 0 Å². The topological polar surface area (TPSA) is 55.2 Å². The van der Waals surface area contributed by atoms with Crippen molar-refractivity contribution in [3.05, 3.63) is 46.0 Å². The molecule has 0 amide bonds. The summed E-state index contributed by atoms with van der Waals surface area (Å²) in [7, 11) is 1.89. The van der Waals surface area contributed by atoms with Crippen LogP contribution in [0.4, 0.5) is 5.69 Å². The van der Waals surface area contributed by atoms with E-state index in [1.165, 1.54) is 6.07 Å². The number of nitrogens with zero attached hydrogens (tertiary/aromatic N) is 1. The summed E-state index contributed by atoms with van der Waals surface area (Å²) in [5, 5.41) is 13.5. The molecule has 0 saturated carbocycles. The fourth-order valence-corrected chi connectivity index (χ4v) is 1.19. The average molecular weight is 206 g/mol. The van der Waals surface area contributed by atoms with Crippen molar-refractivity contribution in [2.24, 2.45) is 0 Å². The van der Waals surface area contributed by atoms with Crippen molar-refractivity contribution >= 4 is 11.8 Å². The zero-order valence-electron chi connectivity index (χ0n) is 8.64. The molecule has 0 spiro atoms. The molecular formula is C11H14N2O2. The average Bonchev–Trinajstić information content (AvgIpc) is 2.25. The van der Waals surface area contributed by atoms with Gasteiger partial charge in [-0.2, -0.15) is 0 Å². The van der Waals surface area contributed by atoms with Crippen LogP contribution < -0.4 is 5.32 Å². The van der Waals surface area contributed by atoms with Crippen molar-refractivity contribution < 1.29 is 4.92 Å². The van der Waals surface area contributed by atoms with Crippen LogP contribution in [0.25, 0.3) is 6.08 Å².